The second kappa shape index (κ2) is 5.04. The summed E-state index contributed by atoms with van der Waals surface area (Å²) in [5.74, 6) is -0.00588. The average Bonchev–Trinajstić information content (AvgIpc) is 2.27. The van der Waals surface area contributed by atoms with Gasteiger partial charge in [0.15, 0.2) is 0 Å². The van der Waals surface area contributed by atoms with Gasteiger partial charge in [-0.15, -0.1) is 0 Å². The highest BCUT2D eigenvalue weighted by Crippen LogP contribution is 2.29. The van der Waals surface area contributed by atoms with E-state index in [1.807, 2.05) is 32.6 Å². The fourth-order valence-corrected chi connectivity index (χ4v) is 3.04. The Balaban J connectivity index is 2.26. The Labute approximate surface area is 128 Å². The van der Waals surface area contributed by atoms with Crippen molar-refractivity contribution in [2.24, 2.45) is 0 Å². The van der Waals surface area contributed by atoms with Gasteiger partial charge in [-0.25, -0.2) is 0 Å². The molecule has 1 aliphatic heterocycles. The zero-order valence-corrected chi connectivity index (χ0v) is 14.0. The van der Waals surface area contributed by atoms with Crippen molar-refractivity contribution in [3.05, 3.63) is 28.2 Å². The fraction of sp³-hybridized carbons (Fsp3) is 0.533. The smallest absolute Gasteiger partial charge is 0.254 e. The number of nitrogen functional groups attached to an aromatic ring is 1. The molecule has 1 amide bonds. The molecule has 110 valence electrons. The zero-order valence-electron chi connectivity index (χ0n) is 12.4. The zero-order chi connectivity index (χ0) is 15.1. The third kappa shape index (κ3) is 3.33. The molecule has 1 heterocycles. The standard InChI is InChI=1S/C15H21BrN2O2/c1-14(2)8-18(9-15(3,4)20-14)13(19)10-5-6-11(16)12(17)7-10/h5-7H,8-9,17H2,1-4H3. The number of halogens is 1. The van der Waals surface area contributed by atoms with Crippen molar-refractivity contribution >= 4 is 27.5 Å². The summed E-state index contributed by atoms with van der Waals surface area (Å²) < 4.78 is 6.80. The third-order valence-electron chi connectivity index (χ3n) is 3.23. The van der Waals surface area contributed by atoms with Crippen molar-refractivity contribution in [1.29, 1.82) is 0 Å². The van der Waals surface area contributed by atoms with Crippen LogP contribution in [-0.4, -0.2) is 35.1 Å². The molecule has 0 atom stereocenters. The first-order valence-corrected chi connectivity index (χ1v) is 7.43. The SMILES string of the molecule is CC1(C)CN(C(=O)c2ccc(Br)c(N)c2)CC(C)(C)O1. The van der Waals surface area contributed by atoms with Crippen LogP contribution in [0.5, 0.6) is 0 Å². The van der Waals surface area contributed by atoms with Crippen molar-refractivity contribution in [3.63, 3.8) is 0 Å². The second-order valence-electron chi connectivity index (χ2n) is 6.52. The van der Waals surface area contributed by atoms with Crippen molar-refractivity contribution in [1.82, 2.24) is 4.90 Å². The quantitative estimate of drug-likeness (QED) is 0.799. The molecule has 0 spiro atoms. The molecule has 1 aliphatic rings. The van der Waals surface area contributed by atoms with E-state index >= 15 is 0 Å². The predicted molar refractivity (Wildman–Crippen MR) is 83.7 cm³/mol. The summed E-state index contributed by atoms with van der Waals surface area (Å²) in [6.45, 7) is 9.17. The van der Waals surface area contributed by atoms with Crippen LogP contribution >= 0.6 is 15.9 Å². The van der Waals surface area contributed by atoms with E-state index in [1.54, 1.807) is 18.2 Å². The Morgan fingerprint density at radius 1 is 1.25 bits per heavy atom. The highest BCUT2D eigenvalue weighted by Gasteiger charge is 2.40. The maximum atomic E-state index is 12.6. The first kappa shape index (κ1) is 15.3. The minimum Gasteiger partial charge on any atom is -0.398 e. The van der Waals surface area contributed by atoms with Gasteiger partial charge in [0.1, 0.15) is 0 Å². The van der Waals surface area contributed by atoms with Gasteiger partial charge in [-0.2, -0.15) is 0 Å². The number of carbonyl (C=O) groups is 1. The molecule has 4 nitrogen and oxygen atoms in total. The van der Waals surface area contributed by atoms with E-state index in [9.17, 15) is 4.79 Å². The van der Waals surface area contributed by atoms with Gasteiger partial charge in [-0.05, 0) is 61.8 Å². The number of benzene rings is 1. The summed E-state index contributed by atoms with van der Waals surface area (Å²) in [4.78, 5) is 14.5. The Hall–Kier alpha value is -1.07. The Morgan fingerprint density at radius 2 is 1.80 bits per heavy atom. The third-order valence-corrected chi connectivity index (χ3v) is 3.95. The van der Waals surface area contributed by atoms with Gasteiger partial charge in [0.05, 0.1) is 11.2 Å². The van der Waals surface area contributed by atoms with Crippen LogP contribution < -0.4 is 5.73 Å². The van der Waals surface area contributed by atoms with Crippen LogP contribution in [0.15, 0.2) is 22.7 Å². The topological polar surface area (TPSA) is 55.6 Å². The highest BCUT2D eigenvalue weighted by molar-refractivity contribution is 9.10. The number of hydrogen-bond acceptors (Lipinski definition) is 3. The normalized spacial score (nSPS) is 20.8. The van der Waals surface area contributed by atoms with Crippen LogP contribution in [0.25, 0.3) is 0 Å². The van der Waals surface area contributed by atoms with Crippen molar-refractivity contribution in [3.8, 4) is 0 Å². The number of rotatable bonds is 1. The fourth-order valence-electron chi connectivity index (χ4n) is 2.79. The monoisotopic (exact) mass is 340 g/mol. The largest absolute Gasteiger partial charge is 0.398 e. The minimum absolute atomic E-state index is 0.00588. The summed E-state index contributed by atoms with van der Waals surface area (Å²) in [5.41, 5.74) is 6.34. The van der Waals surface area contributed by atoms with Crippen LogP contribution in [0.1, 0.15) is 38.1 Å². The van der Waals surface area contributed by atoms with E-state index in [0.29, 0.717) is 24.3 Å². The van der Waals surface area contributed by atoms with E-state index in [0.717, 1.165) is 4.47 Å². The number of nitrogens with zero attached hydrogens (tertiary/aromatic N) is 1. The molecule has 5 heteroatoms. The molecular formula is C15H21BrN2O2. The van der Waals surface area contributed by atoms with Crippen molar-refractivity contribution in [2.75, 3.05) is 18.8 Å². The molecule has 0 aromatic heterocycles. The van der Waals surface area contributed by atoms with Gasteiger partial charge in [0.2, 0.25) is 0 Å². The lowest BCUT2D eigenvalue weighted by Crippen LogP contribution is -2.58. The predicted octanol–water partition coefficient (Wildman–Crippen LogP) is 3.06. The average molecular weight is 341 g/mol. The molecule has 0 aliphatic carbocycles. The summed E-state index contributed by atoms with van der Waals surface area (Å²) in [7, 11) is 0. The van der Waals surface area contributed by atoms with E-state index in [4.69, 9.17) is 10.5 Å². The lowest BCUT2D eigenvalue weighted by Gasteiger charge is -2.47. The number of carbonyl (C=O) groups excluding carboxylic acids is 1. The molecule has 1 aromatic rings. The lowest BCUT2D eigenvalue weighted by atomic mass is 9.98. The van der Waals surface area contributed by atoms with Crippen LogP contribution in [0.3, 0.4) is 0 Å². The minimum atomic E-state index is -0.349. The molecule has 0 bridgehead atoms. The molecule has 1 aromatic carbocycles. The summed E-state index contributed by atoms with van der Waals surface area (Å²) in [5, 5.41) is 0. The molecule has 1 saturated heterocycles. The Kier molecular flexibility index (Phi) is 3.86. The maximum absolute atomic E-state index is 12.6. The lowest BCUT2D eigenvalue weighted by molar-refractivity contribution is -0.171. The van der Waals surface area contributed by atoms with Gasteiger partial charge in [0, 0.05) is 28.8 Å². The summed E-state index contributed by atoms with van der Waals surface area (Å²) in [6.07, 6.45) is 0. The maximum Gasteiger partial charge on any atom is 0.254 e. The van der Waals surface area contributed by atoms with Crippen LogP contribution in [0.4, 0.5) is 5.69 Å². The van der Waals surface area contributed by atoms with E-state index in [2.05, 4.69) is 15.9 Å². The van der Waals surface area contributed by atoms with Gasteiger partial charge in [-0.3, -0.25) is 4.79 Å². The van der Waals surface area contributed by atoms with Crippen LogP contribution in [-0.2, 0) is 4.74 Å². The first-order valence-electron chi connectivity index (χ1n) is 6.64. The van der Waals surface area contributed by atoms with E-state index < -0.39 is 0 Å². The van der Waals surface area contributed by atoms with Gasteiger partial charge in [0.25, 0.3) is 5.91 Å². The second-order valence-corrected chi connectivity index (χ2v) is 7.37. The van der Waals surface area contributed by atoms with E-state index in [-0.39, 0.29) is 17.1 Å². The first-order chi connectivity index (χ1) is 9.10. The van der Waals surface area contributed by atoms with E-state index in [1.165, 1.54) is 0 Å². The number of anilines is 1. The molecule has 2 N–H and O–H groups in total. The molecule has 0 saturated carbocycles. The van der Waals surface area contributed by atoms with Crippen LogP contribution in [0.2, 0.25) is 0 Å². The molecular weight excluding hydrogens is 320 g/mol. The number of morpholine rings is 1. The van der Waals surface area contributed by atoms with Gasteiger partial charge < -0.3 is 15.4 Å². The highest BCUT2D eigenvalue weighted by atomic mass is 79.9. The van der Waals surface area contributed by atoms with Crippen molar-refractivity contribution < 1.29 is 9.53 Å². The molecule has 20 heavy (non-hydrogen) atoms. The summed E-state index contributed by atoms with van der Waals surface area (Å²) in [6, 6.07) is 5.30. The Morgan fingerprint density at radius 3 is 2.30 bits per heavy atom. The van der Waals surface area contributed by atoms with Gasteiger partial charge in [-0.1, -0.05) is 0 Å². The molecule has 0 unspecified atom stereocenters. The Bertz CT molecular complexity index is 525. The number of hydrogen-bond donors (Lipinski definition) is 1. The molecule has 2 rings (SSSR count). The van der Waals surface area contributed by atoms with Crippen LogP contribution in [0, 0.1) is 0 Å². The number of nitrogens with two attached hydrogens (primary N) is 1. The molecule has 0 radical (unpaired) electrons. The van der Waals surface area contributed by atoms with Crippen molar-refractivity contribution in [2.45, 2.75) is 38.9 Å². The van der Waals surface area contributed by atoms with Gasteiger partial charge >= 0.3 is 0 Å². The summed E-state index contributed by atoms with van der Waals surface area (Å²) >= 11 is 3.34. The molecule has 1 fully saturated rings. The number of ether oxygens (including phenoxy) is 1. The number of amides is 1.